The summed E-state index contributed by atoms with van der Waals surface area (Å²) in [5.41, 5.74) is 0. The number of hydrogen-bond donors (Lipinski definition) is 1. The molecule has 0 saturated carbocycles. The van der Waals surface area contributed by atoms with Crippen LogP contribution in [0.3, 0.4) is 0 Å². The van der Waals surface area contributed by atoms with Crippen LogP contribution in [0.15, 0.2) is 12.3 Å². The second-order valence-corrected chi connectivity index (χ2v) is 2.12. The number of aliphatic hydroxyl groups excluding tert-OH is 1. The average Bonchev–Trinajstić information content (AvgIpc) is 1.61. The van der Waals surface area contributed by atoms with Crippen molar-refractivity contribution >= 4 is 0 Å². The fourth-order valence-electron chi connectivity index (χ4n) is 0.353. The lowest BCUT2D eigenvalue weighted by molar-refractivity contribution is 0.343. The van der Waals surface area contributed by atoms with E-state index in [1.165, 1.54) is 0 Å². The Labute approximate surface area is 50.4 Å². The Morgan fingerprint density at radius 2 is 2.12 bits per heavy atom. The first-order valence-corrected chi connectivity index (χ1v) is 2.64. The fourth-order valence-corrected chi connectivity index (χ4v) is 0.353. The van der Waals surface area contributed by atoms with Crippen molar-refractivity contribution in [2.75, 3.05) is 20.6 Å². The van der Waals surface area contributed by atoms with Crippen LogP contribution in [0.1, 0.15) is 6.42 Å². The Bertz CT molecular complexity index is 78.6. The molecule has 1 N–H and O–H groups in total. The molecule has 0 unspecified atom stereocenters. The molecule has 0 heterocycles. The van der Waals surface area contributed by atoms with Crippen LogP contribution in [0.5, 0.6) is 0 Å². The highest BCUT2D eigenvalue weighted by Crippen LogP contribution is 1.90. The van der Waals surface area contributed by atoms with E-state index in [-0.39, 0.29) is 5.76 Å². The molecule has 0 bridgehead atoms. The number of rotatable bonds is 3. The van der Waals surface area contributed by atoms with Crippen molar-refractivity contribution in [2.24, 2.45) is 0 Å². The second kappa shape index (κ2) is 3.50. The van der Waals surface area contributed by atoms with Crippen LogP contribution >= 0.6 is 0 Å². The van der Waals surface area contributed by atoms with Crippen molar-refractivity contribution in [1.82, 2.24) is 4.90 Å². The molecule has 0 aromatic carbocycles. The van der Waals surface area contributed by atoms with E-state index in [2.05, 4.69) is 6.58 Å². The van der Waals surface area contributed by atoms with Crippen molar-refractivity contribution in [1.29, 1.82) is 0 Å². The molecule has 0 rings (SSSR count). The van der Waals surface area contributed by atoms with Crippen LogP contribution < -0.4 is 0 Å². The van der Waals surface area contributed by atoms with Crippen molar-refractivity contribution in [2.45, 2.75) is 6.42 Å². The normalized spacial score (nSPS) is 9.88. The second-order valence-electron chi connectivity index (χ2n) is 2.12. The van der Waals surface area contributed by atoms with Crippen LogP contribution in [0.4, 0.5) is 0 Å². The van der Waals surface area contributed by atoms with Crippen molar-refractivity contribution in [3.05, 3.63) is 12.3 Å². The molecule has 0 spiro atoms. The molecular formula is C6H13NO. The highest BCUT2D eigenvalue weighted by molar-refractivity contribution is 4.78. The molecule has 0 aliphatic rings. The van der Waals surface area contributed by atoms with Crippen LogP contribution in [-0.4, -0.2) is 30.6 Å². The largest absolute Gasteiger partial charge is 0.513 e. The van der Waals surface area contributed by atoms with Gasteiger partial charge in [0.2, 0.25) is 0 Å². The van der Waals surface area contributed by atoms with Gasteiger partial charge in [0.15, 0.2) is 0 Å². The molecule has 0 aliphatic carbocycles. The van der Waals surface area contributed by atoms with Crippen LogP contribution in [0, 0.1) is 0 Å². The van der Waals surface area contributed by atoms with Gasteiger partial charge < -0.3 is 10.0 Å². The Kier molecular flexibility index (Phi) is 3.28. The molecule has 0 aliphatic heterocycles. The highest BCUT2D eigenvalue weighted by Gasteiger charge is 1.89. The standard InChI is InChI=1S/C6H13NO/c1-6(8)4-5-7(2)3/h8H,1,4-5H2,2-3H3. The summed E-state index contributed by atoms with van der Waals surface area (Å²) in [5.74, 6) is 0.263. The van der Waals surface area contributed by atoms with E-state index in [4.69, 9.17) is 5.11 Å². The number of nitrogens with zero attached hydrogens (tertiary/aromatic N) is 1. The Morgan fingerprint density at radius 1 is 1.62 bits per heavy atom. The molecular weight excluding hydrogens is 102 g/mol. The van der Waals surface area contributed by atoms with Gasteiger partial charge in [-0.05, 0) is 14.1 Å². The first kappa shape index (κ1) is 7.50. The maximum Gasteiger partial charge on any atom is 0.0863 e. The Hall–Kier alpha value is -0.500. The van der Waals surface area contributed by atoms with Gasteiger partial charge >= 0.3 is 0 Å². The van der Waals surface area contributed by atoms with Crippen molar-refractivity contribution < 1.29 is 5.11 Å². The van der Waals surface area contributed by atoms with E-state index in [0.717, 1.165) is 6.54 Å². The van der Waals surface area contributed by atoms with Gasteiger partial charge in [-0.1, -0.05) is 6.58 Å². The third-order valence-corrected chi connectivity index (χ3v) is 0.848. The van der Waals surface area contributed by atoms with Crippen LogP contribution in [-0.2, 0) is 0 Å². The van der Waals surface area contributed by atoms with E-state index in [0.29, 0.717) is 6.42 Å². The Balaban J connectivity index is 3.05. The molecule has 0 atom stereocenters. The number of hydrogen-bond acceptors (Lipinski definition) is 2. The van der Waals surface area contributed by atoms with E-state index in [1.54, 1.807) is 0 Å². The molecule has 0 aromatic rings. The highest BCUT2D eigenvalue weighted by atomic mass is 16.3. The van der Waals surface area contributed by atoms with Gasteiger partial charge in [0.05, 0.1) is 5.76 Å². The van der Waals surface area contributed by atoms with Gasteiger partial charge in [-0.2, -0.15) is 0 Å². The first-order chi connectivity index (χ1) is 3.63. The summed E-state index contributed by atoms with van der Waals surface area (Å²) in [7, 11) is 3.92. The van der Waals surface area contributed by atoms with E-state index < -0.39 is 0 Å². The molecule has 0 aromatic heterocycles. The predicted molar refractivity (Wildman–Crippen MR) is 34.9 cm³/mol. The molecule has 0 fully saturated rings. The summed E-state index contributed by atoms with van der Waals surface area (Å²) in [4.78, 5) is 2.00. The van der Waals surface area contributed by atoms with Gasteiger partial charge in [0.25, 0.3) is 0 Å². The molecule has 2 nitrogen and oxygen atoms in total. The molecule has 48 valence electrons. The van der Waals surface area contributed by atoms with Crippen LogP contribution in [0.2, 0.25) is 0 Å². The van der Waals surface area contributed by atoms with Crippen molar-refractivity contribution in [3.8, 4) is 0 Å². The zero-order chi connectivity index (χ0) is 6.57. The van der Waals surface area contributed by atoms with Gasteiger partial charge in [0, 0.05) is 13.0 Å². The fraction of sp³-hybridized carbons (Fsp3) is 0.667. The minimum atomic E-state index is 0.263. The Morgan fingerprint density at radius 3 is 2.25 bits per heavy atom. The summed E-state index contributed by atoms with van der Waals surface area (Å²) < 4.78 is 0. The van der Waals surface area contributed by atoms with Gasteiger partial charge in [-0.25, -0.2) is 0 Å². The lowest BCUT2D eigenvalue weighted by Gasteiger charge is -2.06. The minimum absolute atomic E-state index is 0.263. The summed E-state index contributed by atoms with van der Waals surface area (Å²) in [6, 6.07) is 0. The van der Waals surface area contributed by atoms with E-state index in [1.807, 2.05) is 19.0 Å². The summed E-state index contributed by atoms with van der Waals surface area (Å²) in [6.07, 6.45) is 0.674. The SMILES string of the molecule is C=C(O)CCN(C)C. The topological polar surface area (TPSA) is 23.5 Å². The van der Waals surface area contributed by atoms with E-state index in [9.17, 15) is 0 Å². The molecule has 0 radical (unpaired) electrons. The summed E-state index contributed by atoms with van der Waals surface area (Å²) >= 11 is 0. The van der Waals surface area contributed by atoms with E-state index >= 15 is 0 Å². The third kappa shape index (κ3) is 5.50. The third-order valence-electron chi connectivity index (χ3n) is 0.848. The zero-order valence-corrected chi connectivity index (χ0v) is 5.52. The molecule has 0 saturated heterocycles. The maximum absolute atomic E-state index is 8.58. The quantitative estimate of drug-likeness (QED) is 0.555. The summed E-state index contributed by atoms with van der Waals surface area (Å²) in [6.45, 7) is 4.23. The van der Waals surface area contributed by atoms with Crippen LogP contribution in [0.25, 0.3) is 0 Å². The smallest absolute Gasteiger partial charge is 0.0863 e. The average molecular weight is 115 g/mol. The molecule has 0 amide bonds. The van der Waals surface area contributed by atoms with Crippen molar-refractivity contribution in [3.63, 3.8) is 0 Å². The first-order valence-electron chi connectivity index (χ1n) is 2.64. The van der Waals surface area contributed by atoms with Gasteiger partial charge in [-0.3, -0.25) is 0 Å². The lowest BCUT2D eigenvalue weighted by Crippen LogP contribution is -2.13. The monoisotopic (exact) mass is 115 g/mol. The summed E-state index contributed by atoms with van der Waals surface area (Å²) in [5, 5.41) is 8.58. The lowest BCUT2D eigenvalue weighted by atomic mass is 10.4. The van der Waals surface area contributed by atoms with Gasteiger partial charge in [0.1, 0.15) is 0 Å². The zero-order valence-electron chi connectivity index (χ0n) is 5.52. The molecule has 2 heteroatoms. The number of aliphatic hydroxyl groups is 1. The van der Waals surface area contributed by atoms with Gasteiger partial charge in [-0.15, -0.1) is 0 Å². The predicted octanol–water partition coefficient (Wildman–Crippen LogP) is 1.01. The molecule has 8 heavy (non-hydrogen) atoms. The maximum atomic E-state index is 8.58. The minimum Gasteiger partial charge on any atom is -0.513 e.